The van der Waals surface area contributed by atoms with Gasteiger partial charge < -0.3 is 5.11 Å². The molecule has 2 aromatic rings. The highest BCUT2D eigenvalue weighted by Gasteiger charge is 2.36. The molecule has 2 heterocycles. The van der Waals surface area contributed by atoms with E-state index in [9.17, 15) is 14.4 Å². The van der Waals surface area contributed by atoms with E-state index in [0.29, 0.717) is 5.69 Å². The summed E-state index contributed by atoms with van der Waals surface area (Å²) >= 11 is 0. The van der Waals surface area contributed by atoms with Gasteiger partial charge in [0, 0.05) is 6.20 Å². The molecule has 1 N–H and O–H groups in total. The van der Waals surface area contributed by atoms with Crippen LogP contribution in [0.1, 0.15) is 36.8 Å². The molecule has 1 aromatic carbocycles. The van der Waals surface area contributed by atoms with E-state index in [0.717, 1.165) is 4.90 Å². The molecular formula is C14H9N3O4. The van der Waals surface area contributed by atoms with E-state index in [-0.39, 0.29) is 23.2 Å². The highest BCUT2D eigenvalue weighted by molar-refractivity contribution is 6.21. The zero-order valence-corrected chi connectivity index (χ0v) is 10.7. The van der Waals surface area contributed by atoms with Gasteiger partial charge in [-0.25, -0.2) is 14.8 Å². The predicted octanol–water partition coefficient (Wildman–Crippen LogP) is 0.971. The Morgan fingerprint density at radius 3 is 2.57 bits per heavy atom. The van der Waals surface area contributed by atoms with Crippen molar-refractivity contribution < 1.29 is 19.5 Å². The molecule has 2 amide bonds. The number of aromatic nitrogens is 2. The van der Waals surface area contributed by atoms with E-state index < -0.39 is 17.8 Å². The highest BCUT2D eigenvalue weighted by atomic mass is 16.4. The van der Waals surface area contributed by atoms with Gasteiger partial charge in [0.25, 0.3) is 11.8 Å². The molecule has 1 aliphatic heterocycles. The van der Waals surface area contributed by atoms with Gasteiger partial charge in [-0.05, 0) is 24.3 Å². The van der Waals surface area contributed by atoms with E-state index in [1.807, 2.05) is 0 Å². The van der Waals surface area contributed by atoms with Gasteiger partial charge in [-0.1, -0.05) is 0 Å². The summed E-state index contributed by atoms with van der Waals surface area (Å²) in [5.41, 5.74) is 0.810. The van der Waals surface area contributed by atoms with Gasteiger partial charge in [0.05, 0.1) is 28.9 Å². The van der Waals surface area contributed by atoms with Crippen LogP contribution in [0, 0.1) is 0 Å². The van der Waals surface area contributed by atoms with Gasteiger partial charge in [-0.3, -0.25) is 14.5 Å². The minimum Gasteiger partial charge on any atom is -0.478 e. The van der Waals surface area contributed by atoms with Crippen LogP contribution in [0.2, 0.25) is 0 Å². The lowest BCUT2D eigenvalue weighted by Crippen LogP contribution is -2.29. The molecule has 0 spiro atoms. The molecule has 0 saturated carbocycles. The van der Waals surface area contributed by atoms with Crippen LogP contribution in [0.25, 0.3) is 0 Å². The van der Waals surface area contributed by atoms with Gasteiger partial charge in [0.2, 0.25) is 0 Å². The number of aromatic carboxylic acids is 1. The lowest BCUT2D eigenvalue weighted by Gasteiger charge is -2.12. The SMILES string of the molecule is O=C(O)c1ccc2c(c1)C(=O)N(Cc1ccncn1)C2=O. The summed E-state index contributed by atoms with van der Waals surface area (Å²) in [4.78, 5) is 44.2. The first-order chi connectivity index (χ1) is 10.1. The fourth-order valence-electron chi connectivity index (χ4n) is 2.14. The summed E-state index contributed by atoms with van der Waals surface area (Å²) in [6, 6.07) is 5.49. The molecule has 0 unspecified atom stereocenters. The molecule has 104 valence electrons. The normalized spacial score (nSPS) is 13.4. The second kappa shape index (κ2) is 4.78. The number of nitrogens with zero attached hydrogens (tertiary/aromatic N) is 3. The zero-order valence-electron chi connectivity index (χ0n) is 10.7. The molecule has 7 heteroatoms. The van der Waals surface area contributed by atoms with E-state index in [1.54, 1.807) is 6.07 Å². The summed E-state index contributed by atoms with van der Waals surface area (Å²) in [7, 11) is 0. The second-order valence-electron chi connectivity index (χ2n) is 4.46. The Bertz CT molecular complexity index is 758. The summed E-state index contributed by atoms with van der Waals surface area (Å²) in [6.45, 7) is 0.0251. The molecule has 0 atom stereocenters. The topological polar surface area (TPSA) is 100 Å². The maximum atomic E-state index is 12.3. The number of carboxylic acid groups (broad SMARTS) is 1. The van der Waals surface area contributed by atoms with Crippen molar-refractivity contribution in [1.29, 1.82) is 0 Å². The van der Waals surface area contributed by atoms with E-state index in [2.05, 4.69) is 9.97 Å². The van der Waals surface area contributed by atoms with Crippen LogP contribution in [0.4, 0.5) is 0 Å². The van der Waals surface area contributed by atoms with Crippen LogP contribution in [0.5, 0.6) is 0 Å². The van der Waals surface area contributed by atoms with Crippen LogP contribution in [-0.2, 0) is 6.54 Å². The molecule has 3 rings (SSSR count). The first kappa shape index (κ1) is 12.9. The van der Waals surface area contributed by atoms with Crippen molar-refractivity contribution in [3.8, 4) is 0 Å². The first-order valence-corrected chi connectivity index (χ1v) is 6.06. The maximum absolute atomic E-state index is 12.3. The van der Waals surface area contributed by atoms with Gasteiger partial charge in [-0.15, -0.1) is 0 Å². The fraction of sp³-hybridized carbons (Fsp3) is 0.0714. The summed E-state index contributed by atoms with van der Waals surface area (Å²) in [5, 5.41) is 8.94. The molecule has 0 radical (unpaired) electrons. The number of hydrogen-bond donors (Lipinski definition) is 1. The van der Waals surface area contributed by atoms with Crippen LogP contribution >= 0.6 is 0 Å². The number of hydrogen-bond acceptors (Lipinski definition) is 5. The van der Waals surface area contributed by atoms with Gasteiger partial charge in [0.1, 0.15) is 6.33 Å². The third-order valence-electron chi connectivity index (χ3n) is 3.18. The number of rotatable bonds is 3. The smallest absolute Gasteiger partial charge is 0.335 e. The Kier molecular flexibility index (Phi) is 2.94. The number of benzene rings is 1. The molecular weight excluding hydrogens is 274 g/mol. The van der Waals surface area contributed by atoms with Crippen LogP contribution in [0.3, 0.4) is 0 Å². The molecule has 1 aromatic heterocycles. The number of amides is 2. The molecule has 1 aliphatic rings. The number of carbonyl (C=O) groups excluding carboxylic acids is 2. The van der Waals surface area contributed by atoms with Crippen LogP contribution in [0.15, 0.2) is 36.8 Å². The molecule has 0 aliphatic carbocycles. The Morgan fingerprint density at radius 1 is 1.14 bits per heavy atom. The van der Waals surface area contributed by atoms with E-state index in [1.165, 1.54) is 30.7 Å². The van der Waals surface area contributed by atoms with Crippen molar-refractivity contribution in [2.24, 2.45) is 0 Å². The third kappa shape index (κ3) is 2.14. The van der Waals surface area contributed by atoms with Crippen molar-refractivity contribution in [2.45, 2.75) is 6.54 Å². The van der Waals surface area contributed by atoms with E-state index in [4.69, 9.17) is 5.11 Å². The third-order valence-corrected chi connectivity index (χ3v) is 3.18. The minimum absolute atomic E-state index is 0.0251. The Morgan fingerprint density at radius 2 is 1.90 bits per heavy atom. The average Bonchev–Trinajstić information content (AvgIpc) is 2.73. The Balaban J connectivity index is 1.95. The standard InChI is InChI=1S/C14H9N3O4/c18-12-10-2-1-8(14(20)21)5-11(10)13(19)17(12)6-9-3-4-15-7-16-9/h1-5,7H,6H2,(H,20,21). The maximum Gasteiger partial charge on any atom is 0.335 e. The second-order valence-corrected chi connectivity index (χ2v) is 4.46. The van der Waals surface area contributed by atoms with Crippen molar-refractivity contribution >= 4 is 17.8 Å². The number of fused-ring (bicyclic) bond motifs is 1. The van der Waals surface area contributed by atoms with Crippen molar-refractivity contribution in [3.05, 3.63) is 59.2 Å². The monoisotopic (exact) mass is 283 g/mol. The molecule has 21 heavy (non-hydrogen) atoms. The summed E-state index contributed by atoms with van der Waals surface area (Å²) < 4.78 is 0. The van der Waals surface area contributed by atoms with Crippen LogP contribution in [-0.4, -0.2) is 37.8 Å². The van der Waals surface area contributed by atoms with E-state index >= 15 is 0 Å². The quantitative estimate of drug-likeness (QED) is 0.842. The van der Waals surface area contributed by atoms with Gasteiger partial charge in [0.15, 0.2) is 0 Å². The average molecular weight is 283 g/mol. The van der Waals surface area contributed by atoms with Crippen molar-refractivity contribution in [1.82, 2.24) is 14.9 Å². The molecule has 0 fully saturated rings. The lowest BCUT2D eigenvalue weighted by molar-refractivity contribution is 0.0639. The number of carbonyl (C=O) groups is 3. The zero-order chi connectivity index (χ0) is 15.0. The Hall–Kier alpha value is -3.09. The number of imide groups is 1. The Labute approximate surface area is 118 Å². The summed E-state index contributed by atoms with van der Waals surface area (Å²) in [6.07, 6.45) is 2.85. The molecule has 7 nitrogen and oxygen atoms in total. The van der Waals surface area contributed by atoms with Crippen molar-refractivity contribution in [3.63, 3.8) is 0 Å². The van der Waals surface area contributed by atoms with Gasteiger partial charge >= 0.3 is 5.97 Å². The highest BCUT2D eigenvalue weighted by Crippen LogP contribution is 2.25. The molecule has 0 bridgehead atoms. The fourth-order valence-corrected chi connectivity index (χ4v) is 2.14. The van der Waals surface area contributed by atoms with Crippen LogP contribution < -0.4 is 0 Å². The lowest BCUT2D eigenvalue weighted by atomic mass is 10.1. The van der Waals surface area contributed by atoms with Gasteiger partial charge in [-0.2, -0.15) is 0 Å². The number of carboxylic acids is 1. The van der Waals surface area contributed by atoms with Crippen molar-refractivity contribution in [2.75, 3.05) is 0 Å². The predicted molar refractivity (Wildman–Crippen MR) is 69.6 cm³/mol. The minimum atomic E-state index is -1.15. The largest absolute Gasteiger partial charge is 0.478 e. The first-order valence-electron chi connectivity index (χ1n) is 6.06. The molecule has 0 saturated heterocycles. The summed E-state index contributed by atoms with van der Waals surface area (Å²) in [5.74, 6) is -2.12.